The minimum Gasteiger partial charge on any atom is -0.494 e. The highest BCUT2D eigenvalue weighted by atomic mass is 32.1. The molecule has 1 N–H and O–H groups in total. The minimum absolute atomic E-state index is 0.0929. The Hall–Kier alpha value is -3.65. The second-order valence-electron chi connectivity index (χ2n) is 7.16. The molecule has 2 heterocycles. The minimum atomic E-state index is -0.266. The van der Waals surface area contributed by atoms with Crippen LogP contribution in [-0.2, 0) is 4.79 Å². The average Bonchev–Trinajstić information content (AvgIpc) is 3.40. The third kappa shape index (κ3) is 4.97. The maximum Gasteiger partial charge on any atom is 0.263 e. The molecule has 1 amide bonds. The molecule has 0 atom stereocenters. The first kappa shape index (κ1) is 21.6. The number of aryl methyl sites for hydroxylation is 2. The quantitative estimate of drug-likeness (QED) is 0.409. The summed E-state index contributed by atoms with van der Waals surface area (Å²) in [7, 11) is 0. The Morgan fingerprint density at radius 1 is 1.09 bits per heavy atom. The SMILES string of the molecule is CCOc1ccc(-c2csc(-n3nc(C)cc3NC(=O)COc3ccccc3C)n2)cc1. The van der Waals surface area contributed by atoms with Crippen LogP contribution in [0.1, 0.15) is 18.2 Å². The molecule has 0 aliphatic carbocycles. The van der Waals surface area contributed by atoms with Crippen LogP contribution in [-0.4, -0.2) is 33.9 Å². The molecule has 164 valence electrons. The maximum absolute atomic E-state index is 12.5. The van der Waals surface area contributed by atoms with Crippen LogP contribution in [0.4, 0.5) is 5.82 Å². The fraction of sp³-hybridized carbons (Fsp3) is 0.208. The Morgan fingerprint density at radius 2 is 1.88 bits per heavy atom. The van der Waals surface area contributed by atoms with Crippen LogP contribution in [0.25, 0.3) is 16.4 Å². The number of hydrogen-bond donors (Lipinski definition) is 1. The average molecular weight is 449 g/mol. The Bertz CT molecular complexity index is 1210. The van der Waals surface area contributed by atoms with Crippen LogP contribution in [0.5, 0.6) is 11.5 Å². The summed E-state index contributed by atoms with van der Waals surface area (Å²) in [5.41, 5.74) is 3.57. The van der Waals surface area contributed by atoms with Gasteiger partial charge in [-0.15, -0.1) is 11.3 Å². The number of amides is 1. The van der Waals surface area contributed by atoms with Gasteiger partial charge in [0.25, 0.3) is 5.91 Å². The first-order valence-electron chi connectivity index (χ1n) is 10.3. The van der Waals surface area contributed by atoms with Crippen LogP contribution in [0.3, 0.4) is 0 Å². The number of nitrogens with one attached hydrogen (secondary N) is 1. The molecule has 0 unspecified atom stereocenters. The van der Waals surface area contributed by atoms with Crippen molar-refractivity contribution in [1.29, 1.82) is 0 Å². The highest BCUT2D eigenvalue weighted by Gasteiger charge is 2.15. The monoisotopic (exact) mass is 448 g/mol. The molecular weight excluding hydrogens is 424 g/mol. The van der Waals surface area contributed by atoms with Crippen LogP contribution < -0.4 is 14.8 Å². The predicted octanol–water partition coefficient (Wildman–Crippen LogP) is 5.03. The van der Waals surface area contributed by atoms with Gasteiger partial charge in [-0.05, 0) is 56.7 Å². The van der Waals surface area contributed by atoms with E-state index in [9.17, 15) is 4.79 Å². The van der Waals surface area contributed by atoms with Gasteiger partial charge in [-0.25, -0.2) is 4.98 Å². The van der Waals surface area contributed by atoms with Gasteiger partial charge in [0.2, 0.25) is 5.13 Å². The van der Waals surface area contributed by atoms with Gasteiger partial charge < -0.3 is 14.8 Å². The number of nitrogens with zero attached hydrogens (tertiary/aromatic N) is 3. The molecule has 8 heteroatoms. The Balaban J connectivity index is 1.47. The van der Waals surface area contributed by atoms with Crippen molar-refractivity contribution in [3.05, 3.63) is 71.2 Å². The molecule has 0 spiro atoms. The number of carbonyl (C=O) groups is 1. The van der Waals surface area contributed by atoms with Gasteiger partial charge in [0, 0.05) is 17.0 Å². The number of para-hydroxylation sites is 1. The highest BCUT2D eigenvalue weighted by Crippen LogP contribution is 2.27. The summed E-state index contributed by atoms with van der Waals surface area (Å²) < 4.78 is 12.8. The van der Waals surface area contributed by atoms with E-state index in [1.54, 1.807) is 4.68 Å². The number of benzene rings is 2. The van der Waals surface area contributed by atoms with Crippen LogP contribution in [0.15, 0.2) is 60.0 Å². The molecule has 0 aliphatic rings. The van der Waals surface area contributed by atoms with E-state index in [1.165, 1.54) is 11.3 Å². The van der Waals surface area contributed by atoms with Gasteiger partial charge in [-0.2, -0.15) is 9.78 Å². The molecule has 2 aromatic carbocycles. The Kier molecular flexibility index (Phi) is 6.51. The molecule has 0 saturated heterocycles. The number of hydrogen-bond acceptors (Lipinski definition) is 6. The topological polar surface area (TPSA) is 78.3 Å². The van der Waals surface area contributed by atoms with Crippen LogP contribution in [0.2, 0.25) is 0 Å². The summed E-state index contributed by atoms with van der Waals surface area (Å²) in [5, 5.41) is 10.0. The predicted molar refractivity (Wildman–Crippen MR) is 126 cm³/mol. The zero-order valence-electron chi connectivity index (χ0n) is 18.2. The largest absolute Gasteiger partial charge is 0.494 e. The van der Waals surface area contributed by atoms with E-state index < -0.39 is 0 Å². The summed E-state index contributed by atoms with van der Waals surface area (Å²) in [6, 6.07) is 17.2. The van der Waals surface area contributed by atoms with Crippen LogP contribution >= 0.6 is 11.3 Å². The molecule has 0 fully saturated rings. The van der Waals surface area contributed by atoms with Gasteiger partial charge in [0.15, 0.2) is 6.61 Å². The summed E-state index contributed by atoms with van der Waals surface area (Å²) in [5.74, 6) is 1.80. The molecule has 0 aliphatic heterocycles. The standard InChI is InChI=1S/C24H24N4O3S/c1-4-30-19-11-9-18(10-12-19)20-15-32-24(25-20)28-22(13-17(3)27-28)26-23(29)14-31-21-8-6-5-7-16(21)2/h5-13,15H,4,14H2,1-3H3,(H,26,29). The lowest BCUT2D eigenvalue weighted by Crippen LogP contribution is -2.22. The van der Waals surface area contributed by atoms with E-state index >= 15 is 0 Å². The molecule has 4 rings (SSSR count). The number of thiazole rings is 1. The lowest BCUT2D eigenvalue weighted by atomic mass is 10.2. The number of ether oxygens (including phenoxy) is 2. The molecule has 0 saturated carbocycles. The first-order chi connectivity index (χ1) is 15.5. The molecule has 0 bridgehead atoms. The number of anilines is 1. The van der Waals surface area contributed by atoms with Crippen molar-refractivity contribution < 1.29 is 14.3 Å². The summed E-state index contributed by atoms with van der Waals surface area (Å²) in [6.45, 7) is 6.30. The van der Waals surface area contributed by atoms with E-state index in [1.807, 2.05) is 80.7 Å². The molecule has 0 radical (unpaired) electrons. The van der Waals surface area contributed by atoms with E-state index in [-0.39, 0.29) is 12.5 Å². The van der Waals surface area contributed by atoms with Crippen molar-refractivity contribution >= 4 is 23.1 Å². The van der Waals surface area contributed by atoms with E-state index in [0.29, 0.717) is 23.3 Å². The second kappa shape index (κ2) is 9.65. The van der Waals surface area contributed by atoms with Gasteiger partial charge in [0.05, 0.1) is 18.0 Å². The number of aromatic nitrogens is 3. The summed E-state index contributed by atoms with van der Waals surface area (Å²) in [4.78, 5) is 17.2. The molecule has 2 aromatic heterocycles. The Morgan fingerprint density at radius 3 is 2.62 bits per heavy atom. The van der Waals surface area contributed by atoms with E-state index in [0.717, 1.165) is 28.3 Å². The van der Waals surface area contributed by atoms with Crippen molar-refractivity contribution in [3.63, 3.8) is 0 Å². The Labute approximate surface area is 190 Å². The van der Waals surface area contributed by atoms with Crippen molar-refractivity contribution in [1.82, 2.24) is 14.8 Å². The lowest BCUT2D eigenvalue weighted by molar-refractivity contribution is -0.118. The zero-order chi connectivity index (χ0) is 22.5. The van der Waals surface area contributed by atoms with E-state index in [2.05, 4.69) is 10.4 Å². The lowest BCUT2D eigenvalue weighted by Gasteiger charge is -2.09. The van der Waals surface area contributed by atoms with Gasteiger partial charge in [-0.3, -0.25) is 4.79 Å². The fourth-order valence-corrected chi connectivity index (χ4v) is 3.95. The van der Waals surface area contributed by atoms with Crippen molar-refractivity contribution in [2.45, 2.75) is 20.8 Å². The third-order valence-corrected chi connectivity index (χ3v) is 5.50. The van der Waals surface area contributed by atoms with Crippen molar-refractivity contribution in [2.75, 3.05) is 18.5 Å². The fourth-order valence-electron chi connectivity index (χ4n) is 3.16. The van der Waals surface area contributed by atoms with E-state index in [4.69, 9.17) is 14.5 Å². The molecular formula is C24H24N4O3S. The first-order valence-corrected chi connectivity index (χ1v) is 11.2. The second-order valence-corrected chi connectivity index (χ2v) is 7.99. The molecule has 32 heavy (non-hydrogen) atoms. The molecule has 7 nitrogen and oxygen atoms in total. The van der Waals surface area contributed by atoms with Crippen molar-refractivity contribution in [2.24, 2.45) is 0 Å². The smallest absolute Gasteiger partial charge is 0.263 e. The van der Waals surface area contributed by atoms with Gasteiger partial charge >= 0.3 is 0 Å². The third-order valence-electron chi connectivity index (χ3n) is 4.69. The maximum atomic E-state index is 12.5. The van der Waals surface area contributed by atoms with Gasteiger partial charge in [0.1, 0.15) is 17.3 Å². The zero-order valence-corrected chi connectivity index (χ0v) is 19.0. The normalized spacial score (nSPS) is 10.7. The number of rotatable bonds is 8. The van der Waals surface area contributed by atoms with Gasteiger partial charge in [-0.1, -0.05) is 18.2 Å². The molecule has 4 aromatic rings. The summed E-state index contributed by atoms with van der Waals surface area (Å²) >= 11 is 1.45. The number of carbonyl (C=O) groups excluding carboxylic acids is 1. The highest BCUT2D eigenvalue weighted by molar-refractivity contribution is 7.12. The summed E-state index contributed by atoms with van der Waals surface area (Å²) in [6.07, 6.45) is 0. The van der Waals surface area contributed by atoms with Crippen LogP contribution in [0, 0.1) is 13.8 Å². The van der Waals surface area contributed by atoms with Crippen molar-refractivity contribution in [3.8, 4) is 27.9 Å².